The molecule has 1 aliphatic heterocycles. The highest BCUT2D eigenvalue weighted by Crippen LogP contribution is 2.22. The summed E-state index contributed by atoms with van der Waals surface area (Å²) in [5.74, 6) is -0.410. The Morgan fingerprint density at radius 2 is 1.90 bits per heavy atom. The smallest absolute Gasteiger partial charge is 0.329 e. The molecule has 1 saturated heterocycles. The molecule has 1 aromatic heterocycles. The van der Waals surface area contributed by atoms with Crippen molar-refractivity contribution in [1.82, 2.24) is 20.4 Å². The molecule has 1 saturated carbocycles. The van der Waals surface area contributed by atoms with E-state index in [0.29, 0.717) is 18.5 Å². The van der Waals surface area contributed by atoms with Crippen molar-refractivity contribution in [3.05, 3.63) is 36.0 Å². The zero-order valence-electron chi connectivity index (χ0n) is 16.7. The molecule has 0 unspecified atom stereocenters. The van der Waals surface area contributed by atoms with Crippen molar-refractivity contribution in [1.29, 1.82) is 0 Å². The second-order valence-corrected chi connectivity index (χ2v) is 7.76. The van der Waals surface area contributed by atoms with Gasteiger partial charge in [-0.25, -0.2) is 14.0 Å². The molecule has 30 heavy (non-hydrogen) atoms. The third-order valence-electron chi connectivity index (χ3n) is 5.63. The van der Waals surface area contributed by atoms with Crippen molar-refractivity contribution < 1.29 is 23.2 Å². The van der Waals surface area contributed by atoms with Gasteiger partial charge in [-0.2, -0.15) is 4.98 Å². The van der Waals surface area contributed by atoms with Crippen molar-refractivity contribution in [3.8, 4) is 11.4 Å². The molecule has 1 atom stereocenters. The largest absolute Gasteiger partial charge is 0.454 e. The Labute approximate surface area is 173 Å². The van der Waals surface area contributed by atoms with Crippen LogP contribution in [0.25, 0.3) is 11.4 Å². The lowest BCUT2D eigenvalue weighted by Crippen LogP contribution is -2.49. The van der Waals surface area contributed by atoms with Gasteiger partial charge in [0.15, 0.2) is 6.61 Å². The number of urea groups is 1. The van der Waals surface area contributed by atoms with Crippen molar-refractivity contribution in [2.45, 2.75) is 63.6 Å². The van der Waals surface area contributed by atoms with Crippen LogP contribution in [0.15, 0.2) is 28.8 Å². The van der Waals surface area contributed by atoms with Crippen LogP contribution in [0.5, 0.6) is 0 Å². The Bertz CT molecular complexity index is 879. The monoisotopic (exact) mass is 416 g/mol. The number of ether oxygens (including phenoxy) is 1. The predicted octanol–water partition coefficient (Wildman–Crippen LogP) is 3.43. The summed E-state index contributed by atoms with van der Waals surface area (Å²) < 4.78 is 23.5. The van der Waals surface area contributed by atoms with Gasteiger partial charge in [0, 0.05) is 18.2 Å². The molecule has 2 amide bonds. The van der Waals surface area contributed by atoms with E-state index in [4.69, 9.17) is 9.26 Å². The molecule has 160 valence electrons. The Hall–Kier alpha value is -2.97. The molecule has 1 aromatic carbocycles. The van der Waals surface area contributed by atoms with Gasteiger partial charge in [-0.15, -0.1) is 0 Å². The van der Waals surface area contributed by atoms with Crippen molar-refractivity contribution in [2.24, 2.45) is 0 Å². The summed E-state index contributed by atoms with van der Waals surface area (Å²) in [5.41, 5.74) is 0.596. The summed E-state index contributed by atoms with van der Waals surface area (Å²) in [6, 6.07) is 5.07. The first kappa shape index (κ1) is 20.3. The van der Waals surface area contributed by atoms with Crippen LogP contribution in [0, 0.1) is 5.82 Å². The van der Waals surface area contributed by atoms with Crippen LogP contribution in [0.1, 0.15) is 50.8 Å². The minimum absolute atomic E-state index is 0.138. The molecular formula is C21H25FN4O4. The van der Waals surface area contributed by atoms with E-state index in [1.165, 1.54) is 30.7 Å². The maximum atomic E-state index is 13.0. The average molecular weight is 416 g/mol. The third-order valence-corrected chi connectivity index (χ3v) is 5.63. The maximum Gasteiger partial charge on any atom is 0.329 e. The van der Waals surface area contributed by atoms with Gasteiger partial charge >= 0.3 is 12.0 Å². The molecule has 0 radical (unpaired) electrons. The molecule has 2 aromatic rings. The molecule has 1 N–H and O–H groups in total. The van der Waals surface area contributed by atoms with Crippen molar-refractivity contribution >= 4 is 12.0 Å². The van der Waals surface area contributed by atoms with Gasteiger partial charge in [0.2, 0.25) is 5.82 Å². The van der Waals surface area contributed by atoms with E-state index >= 15 is 0 Å². The Kier molecular flexibility index (Phi) is 6.25. The van der Waals surface area contributed by atoms with Crippen LogP contribution < -0.4 is 5.32 Å². The Morgan fingerprint density at radius 1 is 1.13 bits per heavy atom. The van der Waals surface area contributed by atoms with E-state index in [2.05, 4.69) is 15.5 Å². The van der Waals surface area contributed by atoms with E-state index in [0.717, 1.165) is 32.1 Å². The summed E-state index contributed by atoms with van der Waals surface area (Å²) in [6.07, 6.45) is 6.77. The lowest BCUT2D eigenvalue weighted by molar-refractivity contribution is -0.150. The summed E-state index contributed by atoms with van der Waals surface area (Å²) in [7, 11) is 0. The van der Waals surface area contributed by atoms with Gasteiger partial charge in [0.1, 0.15) is 11.9 Å². The normalized spacial score (nSPS) is 19.6. The molecule has 1 aliphatic carbocycles. The third kappa shape index (κ3) is 4.77. The van der Waals surface area contributed by atoms with Crippen LogP contribution in [0.2, 0.25) is 0 Å². The standard InChI is InChI=1S/C21H25FN4O4/c22-15-10-8-14(9-11-15)19-24-18(30-25-19)13-29-20(27)17-7-4-12-26(17)21(28)23-16-5-2-1-3-6-16/h8-11,16-17H,1-7,12-13H2,(H,23,28)/t17-/m1/s1. The summed E-state index contributed by atoms with van der Waals surface area (Å²) in [5, 5.41) is 6.88. The van der Waals surface area contributed by atoms with E-state index in [1.807, 2.05) is 0 Å². The number of aromatic nitrogens is 2. The Morgan fingerprint density at radius 3 is 2.67 bits per heavy atom. The lowest BCUT2D eigenvalue weighted by Gasteiger charge is -2.28. The number of nitrogens with one attached hydrogen (secondary N) is 1. The summed E-state index contributed by atoms with van der Waals surface area (Å²) in [4.78, 5) is 30.9. The van der Waals surface area contributed by atoms with Gasteiger partial charge in [-0.1, -0.05) is 24.4 Å². The zero-order chi connectivity index (χ0) is 20.9. The molecule has 0 bridgehead atoms. The van der Waals surface area contributed by atoms with Crippen LogP contribution in [-0.2, 0) is 16.1 Å². The molecule has 4 rings (SSSR count). The predicted molar refractivity (Wildman–Crippen MR) is 105 cm³/mol. The fourth-order valence-electron chi connectivity index (χ4n) is 4.02. The molecule has 9 heteroatoms. The molecular weight excluding hydrogens is 391 g/mol. The number of carbonyl (C=O) groups excluding carboxylic acids is 2. The van der Waals surface area contributed by atoms with Gasteiger partial charge in [-0.3, -0.25) is 0 Å². The van der Waals surface area contributed by atoms with E-state index < -0.39 is 12.0 Å². The number of esters is 1. The van der Waals surface area contributed by atoms with E-state index in [-0.39, 0.29) is 36.2 Å². The minimum atomic E-state index is -0.604. The highest BCUT2D eigenvalue weighted by Gasteiger charge is 2.36. The number of likely N-dealkylation sites (tertiary alicyclic amines) is 1. The number of hydrogen-bond acceptors (Lipinski definition) is 6. The number of nitrogens with zero attached hydrogens (tertiary/aromatic N) is 3. The zero-order valence-corrected chi connectivity index (χ0v) is 16.7. The average Bonchev–Trinajstić information content (AvgIpc) is 3.43. The molecule has 8 nitrogen and oxygen atoms in total. The summed E-state index contributed by atoms with van der Waals surface area (Å²) >= 11 is 0. The van der Waals surface area contributed by atoms with Gasteiger partial charge in [0.25, 0.3) is 5.89 Å². The number of carbonyl (C=O) groups is 2. The first-order valence-corrected chi connectivity index (χ1v) is 10.4. The van der Waals surface area contributed by atoms with E-state index in [9.17, 15) is 14.0 Å². The number of hydrogen-bond donors (Lipinski definition) is 1. The van der Waals surface area contributed by atoms with Gasteiger partial charge < -0.3 is 19.5 Å². The maximum absolute atomic E-state index is 13.0. The number of halogens is 1. The number of rotatable bonds is 5. The first-order valence-electron chi connectivity index (χ1n) is 10.4. The first-order chi connectivity index (χ1) is 14.6. The molecule has 2 aliphatic rings. The number of amides is 2. The minimum Gasteiger partial charge on any atom is -0.454 e. The van der Waals surface area contributed by atoms with Crippen LogP contribution >= 0.6 is 0 Å². The Balaban J connectivity index is 1.31. The molecule has 0 spiro atoms. The summed E-state index contributed by atoms with van der Waals surface area (Å²) in [6.45, 7) is 0.356. The SMILES string of the molecule is O=C(OCc1nc(-c2ccc(F)cc2)no1)[C@H]1CCCN1C(=O)NC1CCCCC1. The second kappa shape index (κ2) is 9.23. The molecule has 2 fully saturated rings. The van der Waals surface area contributed by atoms with Crippen molar-refractivity contribution in [3.63, 3.8) is 0 Å². The fraction of sp³-hybridized carbons (Fsp3) is 0.524. The van der Waals surface area contributed by atoms with Crippen LogP contribution in [0.3, 0.4) is 0 Å². The van der Waals surface area contributed by atoms with E-state index in [1.54, 1.807) is 4.90 Å². The van der Waals surface area contributed by atoms with Crippen LogP contribution in [0.4, 0.5) is 9.18 Å². The van der Waals surface area contributed by atoms with Gasteiger partial charge in [-0.05, 0) is 49.9 Å². The fourth-order valence-corrected chi connectivity index (χ4v) is 4.02. The molecule has 2 heterocycles. The highest BCUT2D eigenvalue weighted by atomic mass is 19.1. The van der Waals surface area contributed by atoms with Crippen molar-refractivity contribution in [2.75, 3.05) is 6.54 Å². The van der Waals surface area contributed by atoms with Crippen LogP contribution in [-0.4, -0.2) is 45.7 Å². The quantitative estimate of drug-likeness (QED) is 0.750. The van der Waals surface area contributed by atoms with Gasteiger partial charge in [0.05, 0.1) is 0 Å². The topological polar surface area (TPSA) is 97.6 Å². The highest BCUT2D eigenvalue weighted by molar-refractivity contribution is 5.84. The number of benzene rings is 1. The second-order valence-electron chi connectivity index (χ2n) is 7.76. The lowest BCUT2D eigenvalue weighted by atomic mass is 9.96.